The van der Waals surface area contributed by atoms with E-state index in [0.717, 1.165) is 16.5 Å². The minimum Gasteiger partial charge on any atom is -0.361 e. The highest BCUT2D eigenvalue weighted by Gasteiger charge is 2.13. The lowest BCUT2D eigenvalue weighted by atomic mass is 10.2. The monoisotopic (exact) mass is 390 g/mol. The average Bonchev–Trinajstić information content (AvgIpc) is 3.13. The molecule has 2 aromatic heterocycles. The molecule has 0 aliphatic carbocycles. The molecule has 0 atom stereocenters. The molecule has 7 heteroatoms. The highest BCUT2D eigenvalue weighted by molar-refractivity contribution is 6.30. The normalized spacial score (nSPS) is 11.2. The fraction of sp³-hybridized carbons (Fsp3) is 0.0476. The number of rotatable bonds is 4. The largest absolute Gasteiger partial charge is 0.361 e. The molecule has 0 bridgehead atoms. The molecule has 28 heavy (non-hydrogen) atoms. The third kappa shape index (κ3) is 3.92. The van der Waals surface area contributed by atoms with Crippen LogP contribution < -0.4 is 5.32 Å². The molecule has 0 aliphatic rings. The number of halogens is 1. The van der Waals surface area contributed by atoms with Crippen LogP contribution in [0.4, 0.5) is 5.69 Å². The number of anilines is 1. The Morgan fingerprint density at radius 2 is 1.93 bits per heavy atom. The van der Waals surface area contributed by atoms with E-state index < -0.39 is 0 Å². The van der Waals surface area contributed by atoms with E-state index in [9.17, 15) is 4.79 Å². The second-order valence-electron chi connectivity index (χ2n) is 6.14. The number of carbonyl (C=O) groups excluding carboxylic acids is 1. The third-order valence-electron chi connectivity index (χ3n) is 4.15. The summed E-state index contributed by atoms with van der Waals surface area (Å²) in [4.78, 5) is 21.2. The van der Waals surface area contributed by atoms with Gasteiger partial charge in [0.05, 0.1) is 11.7 Å². The SMILES string of the molecule is Cc1oncc1C(=O)Nc1ccc2cnc(/C=C/c3ccc(Cl)cc3)nc2c1. The standard InChI is InChI=1S/C21H15ClN4O2/c1-13-18(12-24-28-13)21(27)25-17-8-5-15-11-23-20(26-19(15)10-17)9-4-14-2-6-16(22)7-3-14/h2-12H,1H3,(H,25,27)/b9-4+. The van der Waals surface area contributed by atoms with Crippen LogP contribution in [0.3, 0.4) is 0 Å². The molecule has 0 saturated heterocycles. The molecule has 1 N–H and O–H groups in total. The minimum absolute atomic E-state index is 0.282. The second-order valence-corrected chi connectivity index (χ2v) is 6.57. The van der Waals surface area contributed by atoms with Crippen molar-refractivity contribution in [3.63, 3.8) is 0 Å². The molecule has 2 aromatic carbocycles. The minimum atomic E-state index is -0.282. The smallest absolute Gasteiger partial charge is 0.260 e. The number of nitrogens with one attached hydrogen (secondary N) is 1. The molecule has 1 amide bonds. The van der Waals surface area contributed by atoms with Crippen molar-refractivity contribution in [2.45, 2.75) is 6.92 Å². The van der Waals surface area contributed by atoms with Crippen LogP contribution in [0.1, 0.15) is 27.5 Å². The molecule has 4 rings (SSSR count). The molecule has 0 spiro atoms. The Morgan fingerprint density at radius 3 is 2.68 bits per heavy atom. The average molecular weight is 391 g/mol. The highest BCUT2D eigenvalue weighted by atomic mass is 35.5. The van der Waals surface area contributed by atoms with Crippen molar-refractivity contribution in [1.29, 1.82) is 0 Å². The van der Waals surface area contributed by atoms with E-state index in [-0.39, 0.29) is 5.91 Å². The Morgan fingerprint density at radius 1 is 1.11 bits per heavy atom. The zero-order valence-corrected chi connectivity index (χ0v) is 15.6. The fourth-order valence-electron chi connectivity index (χ4n) is 2.66. The zero-order chi connectivity index (χ0) is 19.5. The molecule has 0 unspecified atom stereocenters. The molecule has 6 nitrogen and oxygen atoms in total. The van der Waals surface area contributed by atoms with Crippen LogP contribution >= 0.6 is 11.6 Å². The van der Waals surface area contributed by atoms with Crippen LogP contribution in [0.2, 0.25) is 5.02 Å². The lowest BCUT2D eigenvalue weighted by Gasteiger charge is -2.05. The maximum atomic E-state index is 12.3. The fourth-order valence-corrected chi connectivity index (χ4v) is 2.78. The third-order valence-corrected chi connectivity index (χ3v) is 4.40. The van der Waals surface area contributed by atoms with E-state index in [1.807, 2.05) is 42.5 Å². The Balaban J connectivity index is 1.57. The van der Waals surface area contributed by atoms with Crippen LogP contribution in [-0.4, -0.2) is 21.0 Å². The number of nitrogens with zero attached hydrogens (tertiary/aromatic N) is 3. The highest BCUT2D eigenvalue weighted by Crippen LogP contribution is 2.19. The summed E-state index contributed by atoms with van der Waals surface area (Å²) in [6.07, 6.45) is 6.89. The van der Waals surface area contributed by atoms with Crippen LogP contribution in [0.25, 0.3) is 23.1 Å². The van der Waals surface area contributed by atoms with Crippen molar-refractivity contribution in [1.82, 2.24) is 15.1 Å². The lowest BCUT2D eigenvalue weighted by Crippen LogP contribution is -2.12. The second kappa shape index (κ2) is 7.62. The van der Waals surface area contributed by atoms with E-state index in [1.54, 1.807) is 25.3 Å². The topological polar surface area (TPSA) is 80.9 Å². The van der Waals surface area contributed by atoms with E-state index >= 15 is 0 Å². The first kappa shape index (κ1) is 17.9. The van der Waals surface area contributed by atoms with Crippen LogP contribution in [0, 0.1) is 6.92 Å². The van der Waals surface area contributed by atoms with E-state index in [0.29, 0.717) is 27.9 Å². The number of aromatic nitrogens is 3. The summed E-state index contributed by atoms with van der Waals surface area (Å²) < 4.78 is 4.93. The zero-order valence-electron chi connectivity index (χ0n) is 14.9. The van der Waals surface area contributed by atoms with Gasteiger partial charge in [-0.05, 0) is 48.9 Å². The maximum absolute atomic E-state index is 12.3. The summed E-state index contributed by atoms with van der Waals surface area (Å²) in [5, 5.41) is 8.02. The van der Waals surface area contributed by atoms with Gasteiger partial charge in [0, 0.05) is 22.3 Å². The van der Waals surface area contributed by atoms with E-state index in [1.165, 1.54) is 6.20 Å². The van der Waals surface area contributed by atoms with Gasteiger partial charge in [-0.3, -0.25) is 4.79 Å². The number of aryl methyl sites for hydroxylation is 1. The molecule has 138 valence electrons. The molecular formula is C21H15ClN4O2. The Labute approximate surface area is 165 Å². The van der Waals surface area contributed by atoms with E-state index in [4.69, 9.17) is 16.1 Å². The first-order valence-electron chi connectivity index (χ1n) is 8.51. The van der Waals surface area contributed by atoms with Gasteiger partial charge in [0.1, 0.15) is 11.3 Å². The lowest BCUT2D eigenvalue weighted by molar-refractivity contribution is 0.102. The summed E-state index contributed by atoms with van der Waals surface area (Å²) >= 11 is 5.90. The van der Waals surface area contributed by atoms with Gasteiger partial charge >= 0.3 is 0 Å². The predicted octanol–water partition coefficient (Wildman–Crippen LogP) is 5.00. The van der Waals surface area contributed by atoms with Gasteiger partial charge in [-0.1, -0.05) is 35.0 Å². The van der Waals surface area contributed by atoms with Gasteiger partial charge in [-0.2, -0.15) is 0 Å². The molecule has 0 radical (unpaired) electrons. The van der Waals surface area contributed by atoms with Crippen molar-refractivity contribution in [3.05, 3.63) is 82.6 Å². The van der Waals surface area contributed by atoms with Crippen LogP contribution in [0.5, 0.6) is 0 Å². The Kier molecular flexibility index (Phi) is 4.87. The number of benzene rings is 2. The molecular weight excluding hydrogens is 376 g/mol. The predicted molar refractivity (Wildman–Crippen MR) is 109 cm³/mol. The van der Waals surface area contributed by atoms with Crippen LogP contribution in [0.15, 0.2) is 59.4 Å². The molecule has 0 aliphatic heterocycles. The summed E-state index contributed by atoms with van der Waals surface area (Å²) in [5.74, 6) is 0.756. The number of carbonyl (C=O) groups is 1. The van der Waals surface area contributed by atoms with Gasteiger partial charge in [-0.15, -0.1) is 0 Å². The number of fused-ring (bicyclic) bond motifs is 1. The molecule has 2 heterocycles. The Hall–Kier alpha value is -3.51. The van der Waals surface area contributed by atoms with Gasteiger partial charge in [-0.25, -0.2) is 9.97 Å². The Bertz CT molecular complexity index is 1180. The van der Waals surface area contributed by atoms with E-state index in [2.05, 4.69) is 20.4 Å². The molecule has 0 saturated carbocycles. The summed E-state index contributed by atoms with van der Waals surface area (Å²) in [6, 6.07) is 13.0. The van der Waals surface area contributed by atoms with Crippen molar-refractivity contribution in [2.75, 3.05) is 5.32 Å². The van der Waals surface area contributed by atoms with Crippen molar-refractivity contribution < 1.29 is 9.32 Å². The summed E-state index contributed by atoms with van der Waals surface area (Å²) in [5.41, 5.74) is 2.75. The number of hydrogen-bond donors (Lipinski definition) is 1. The van der Waals surface area contributed by atoms with Crippen molar-refractivity contribution in [2.24, 2.45) is 0 Å². The van der Waals surface area contributed by atoms with Crippen molar-refractivity contribution >= 4 is 46.3 Å². The van der Waals surface area contributed by atoms with Gasteiger partial charge in [0.15, 0.2) is 5.82 Å². The molecule has 4 aromatic rings. The first-order chi connectivity index (χ1) is 13.6. The van der Waals surface area contributed by atoms with Gasteiger partial charge in [0.25, 0.3) is 5.91 Å². The number of amides is 1. The summed E-state index contributed by atoms with van der Waals surface area (Å²) in [6.45, 7) is 1.69. The van der Waals surface area contributed by atoms with Crippen molar-refractivity contribution in [3.8, 4) is 0 Å². The van der Waals surface area contributed by atoms with Gasteiger partial charge in [0.2, 0.25) is 0 Å². The summed E-state index contributed by atoms with van der Waals surface area (Å²) in [7, 11) is 0. The number of hydrogen-bond acceptors (Lipinski definition) is 5. The molecule has 0 fully saturated rings. The van der Waals surface area contributed by atoms with Crippen LogP contribution in [-0.2, 0) is 0 Å². The first-order valence-corrected chi connectivity index (χ1v) is 8.89. The maximum Gasteiger partial charge on any atom is 0.260 e. The van der Waals surface area contributed by atoms with Gasteiger partial charge < -0.3 is 9.84 Å². The quantitative estimate of drug-likeness (QED) is 0.530.